The zero-order chi connectivity index (χ0) is 16.2. The first-order valence-corrected chi connectivity index (χ1v) is 7.73. The lowest BCUT2D eigenvalue weighted by molar-refractivity contribution is -0.121. The maximum Gasteiger partial charge on any atom is 0.220 e. The van der Waals surface area contributed by atoms with Crippen LogP contribution in [0.25, 0.3) is 10.9 Å². The summed E-state index contributed by atoms with van der Waals surface area (Å²) in [6, 6.07) is 14.1. The van der Waals surface area contributed by atoms with E-state index in [0.29, 0.717) is 12.8 Å². The van der Waals surface area contributed by atoms with Crippen molar-refractivity contribution in [3.63, 3.8) is 0 Å². The molecular weight excluding hydrogens is 291 g/mol. The molecule has 1 aromatic heterocycles. The molecule has 3 rings (SSSR count). The second-order valence-corrected chi connectivity index (χ2v) is 5.70. The molecule has 1 heterocycles. The van der Waals surface area contributed by atoms with Gasteiger partial charge in [-0.25, -0.2) is 4.39 Å². The van der Waals surface area contributed by atoms with Gasteiger partial charge < -0.3 is 10.3 Å². The summed E-state index contributed by atoms with van der Waals surface area (Å²) in [4.78, 5) is 15.3. The van der Waals surface area contributed by atoms with Crippen molar-refractivity contribution >= 4 is 16.8 Å². The standard InChI is InChI=1S/C19H19FN2O/c1-13(14-6-9-16(20)10-7-14)22-19(23)11-8-15-12-21-18-5-3-2-4-17(15)18/h2-7,9-10,12-13,21H,8,11H2,1H3,(H,22,23). The van der Waals surface area contributed by atoms with Crippen LogP contribution in [0.1, 0.15) is 30.5 Å². The first-order chi connectivity index (χ1) is 11.1. The van der Waals surface area contributed by atoms with Crippen LogP contribution >= 0.6 is 0 Å². The summed E-state index contributed by atoms with van der Waals surface area (Å²) in [6.07, 6.45) is 3.07. The highest BCUT2D eigenvalue weighted by Crippen LogP contribution is 2.19. The number of benzene rings is 2. The van der Waals surface area contributed by atoms with Gasteiger partial charge in [-0.1, -0.05) is 30.3 Å². The van der Waals surface area contributed by atoms with Gasteiger partial charge in [-0.2, -0.15) is 0 Å². The second kappa shape index (κ2) is 6.65. The van der Waals surface area contributed by atoms with Gasteiger partial charge in [-0.3, -0.25) is 4.79 Å². The number of carbonyl (C=O) groups excluding carboxylic acids is 1. The van der Waals surface area contributed by atoms with E-state index in [1.165, 1.54) is 12.1 Å². The van der Waals surface area contributed by atoms with Crippen LogP contribution in [0.5, 0.6) is 0 Å². The molecule has 0 spiro atoms. The molecule has 1 atom stereocenters. The van der Waals surface area contributed by atoms with Crippen molar-refractivity contribution in [3.8, 4) is 0 Å². The molecule has 1 unspecified atom stereocenters. The monoisotopic (exact) mass is 310 g/mol. The molecule has 0 aliphatic carbocycles. The quantitative estimate of drug-likeness (QED) is 0.731. The topological polar surface area (TPSA) is 44.9 Å². The molecule has 4 heteroatoms. The summed E-state index contributed by atoms with van der Waals surface area (Å²) in [7, 11) is 0. The number of amides is 1. The number of aryl methyl sites for hydroxylation is 1. The summed E-state index contributed by atoms with van der Waals surface area (Å²) < 4.78 is 12.9. The average Bonchev–Trinajstić information content (AvgIpc) is 2.97. The Morgan fingerprint density at radius 2 is 1.91 bits per heavy atom. The first kappa shape index (κ1) is 15.3. The van der Waals surface area contributed by atoms with Crippen molar-refractivity contribution < 1.29 is 9.18 Å². The van der Waals surface area contributed by atoms with Crippen LogP contribution in [0.2, 0.25) is 0 Å². The van der Waals surface area contributed by atoms with Gasteiger partial charge >= 0.3 is 0 Å². The lowest BCUT2D eigenvalue weighted by Gasteiger charge is -2.14. The maximum atomic E-state index is 12.9. The average molecular weight is 310 g/mol. The number of hydrogen-bond acceptors (Lipinski definition) is 1. The molecule has 0 bridgehead atoms. The summed E-state index contributed by atoms with van der Waals surface area (Å²) in [5, 5.41) is 4.11. The van der Waals surface area contributed by atoms with Crippen LogP contribution in [-0.2, 0) is 11.2 Å². The van der Waals surface area contributed by atoms with Crippen molar-refractivity contribution in [2.24, 2.45) is 0 Å². The molecule has 2 aromatic carbocycles. The SMILES string of the molecule is CC(NC(=O)CCc1c[nH]c2ccccc12)c1ccc(F)cc1. The highest BCUT2D eigenvalue weighted by atomic mass is 19.1. The summed E-state index contributed by atoms with van der Waals surface area (Å²) >= 11 is 0. The van der Waals surface area contributed by atoms with Gasteiger partial charge in [0.2, 0.25) is 5.91 Å². The smallest absolute Gasteiger partial charge is 0.220 e. The lowest BCUT2D eigenvalue weighted by Crippen LogP contribution is -2.26. The normalized spacial score (nSPS) is 12.3. The van der Waals surface area contributed by atoms with E-state index in [-0.39, 0.29) is 17.8 Å². The predicted molar refractivity (Wildman–Crippen MR) is 89.6 cm³/mol. The summed E-state index contributed by atoms with van der Waals surface area (Å²) in [6.45, 7) is 1.90. The number of fused-ring (bicyclic) bond motifs is 1. The van der Waals surface area contributed by atoms with Gasteiger partial charge in [0, 0.05) is 23.5 Å². The molecule has 0 aliphatic heterocycles. The van der Waals surface area contributed by atoms with Gasteiger partial charge in [0.15, 0.2) is 0 Å². The van der Waals surface area contributed by atoms with Gasteiger partial charge in [0.25, 0.3) is 0 Å². The van der Waals surface area contributed by atoms with E-state index >= 15 is 0 Å². The minimum Gasteiger partial charge on any atom is -0.361 e. The fourth-order valence-corrected chi connectivity index (χ4v) is 2.74. The van der Waals surface area contributed by atoms with Crippen LogP contribution in [0.3, 0.4) is 0 Å². The molecule has 3 aromatic rings. The largest absolute Gasteiger partial charge is 0.361 e. The molecule has 23 heavy (non-hydrogen) atoms. The van der Waals surface area contributed by atoms with E-state index < -0.39 is 0 Å². The van der Waals surface area contributed by atoms with E-state index in [4.69, 9.17) is 0 Å². The fourth-order valence-electron chi connectivity index (χ4n) is 2.74. The predicted octanol–water partition coefficient (Wildman–Crippen LogP) is 4.12. The molecule has 2 N–H and O–H groups in total. The van der Waals surface area contributed by atoms with Gasteiger partial charge in [0.1, 0.15) is 5.82 Å². The number of nitrogens with one attached hydrogen (secondary N) is 2. The number of carbonyl (C=O) groups is 1. The van der Waals surface area contributed by atoms with Crippen molar-refractivity contribution in [2.75, 3.05) is 0 Å². The molecule has 0 aliphatic rings. The number of hydrogen-bond donors (Lipinski definition) is 2. The van der Waals surface area contributed by atoms with Gasteiger partial charge in [-0.15, -0.1) is 0 Å². The Kier molecular flexibility index (Phi) is 4.42. The van der Waals surface area contributed by atoms with Crippen molar-refractivity contribution in [3.05, 3.63) is 71.7 Å². The molecule has 0 saturated carbocycles. The van der Waals surface area contributed by atoms with Crippen molar-refractivity contribution in [2.45, 2.75) is 25.8 Å². The zero-order valence-corrected chi connectivity index (χ0v) is 13.0. The van der Waals surface area contributed by atoms with E-state index in [0.717, 1.165) is 22.0 Å². The Morgan fingerprint density at radius 1 is 1.17 bits per heavy atom. The molecule has 0 fully saturated rings. The number of aromatic nitrogens is 1. The van der Waals surface area contributed by atoms with Crippen LogP contribution < -0.4 is 5.32 Å². The third kappa shape index (κ3) is 3.59. The second-order valence-electron chi connectivity index (χ2n) is 5.70. The first-order valence-electron chi connectivity index (χ1n) is 7.73. The van der Waals surface area contributed by atoms with Crippen molar-refractivity contribution in [1.29, 1.82) is 0 Å². The number of halogens is 1. The minimum atomic E-state index is -0.272. The highest BCUT2D eigenvalue weighted by molar-refractivity contribution is 5.84. The van der Waals surface area contributed by atoms with E-state index in [1.54, 1.807) is 12.1 Å². The van der Waals surface area contributed by atoms with E-state index in [1.807, 2.05) is 31.3 Å². The van der Waals surface area contributed by atoms with Crippen LogP contribution in [0.4, 0.5) is 4.39 Å². The highest BCUT2D eigenvalue weighted by Gasteiger charge is 2.11. The fraction of sp³-hybridized carbons (Fsp3) is 0.211. The van der Waals surface area contributed by atoms with Gasteiger partial charge in [0.05, 0.1) is 6.04 Å². The third-order valence-corrected chi connectivity index (χ3v) is 4.04. The number of H-pyrrole nitrogens is 1. The summed E-state index contributed by atoms with van der Waals surface area (Å²) in [5.41, 5.74) is 3.12. The Hall–Kier alpha value is -2.62. The Bertz CT molecular complexity index is 808. The summed E-state index contributed by atoms with van der Waals surface area (Å²) in [5.74, 6) is -0.279. The number of aromatic amines is 1. The van der Waals surface area contributed by atoms with E-state index in [9.17, 15) is 9.18 Å². The van der Waals surface area contributed by atoms with Crippen LogP contribution in [0, 0.1) is 5.82 Å². The minimum absolute atomic E-state index is 0.00731. The molecule has 0 radical (unpaired) electrons. The number of para-hydroxylation sites is 1. The molecule has 0 saturated heterocycles. The molecule has 3 nitrogen and oxygen atoms in total. The Morgan fingerprint density at radius 3 is 2.70 bits per heavy atom. The molecule has 118 valence electrons. The van der Waals surface area contributed by atoms with Gasteiger partial charge in [-0.05, 0) is 42.7 Å². The maximum absolute atomic E-state index is 12.9. The third-order valence-electron chi connectivity index (χ3n) is 4.04. The zero-order valence-electron chi connectivity index (χ0n) is 13.0. The van der Waals surface area contributed by atoms with Crippen LogP contribution in [0.15, 0.2) is 54.7 Å². The lowest BCUT2D eigenvalue weighted by atomic mass is 10.1. The Labute approximate surface area is 134 Å². The van der Waals surface area contributed by atoms with E-state index in [2.05, 4.69) is 16.4 Å². The molecular formula is C19H19FN2O. The number of rotatable bonds is 5. The van der Waals surface area contributed by atoms with Crippen LogP contribution in [-0.4, -0.2) is 10.9 Å². The molecule has 1 amide bonds. The Balaban J connectivity index is 1.58. The van der Waals surface area contributed by atoms with Crippen molar-refractivity contribution in [1.82, 2.24) is 10.3 Å².